The number of aromatic amines is 1. The monoisotopic (exact) mass is 433 g/mol. The van der Waals surface area contributed by atoms with Crippen molar-refractivity contribution in [1.29, 1.82) is 0 Å². The lowest BCUT2D eigenvalue weighted by atomic mass is 10.1. The molecule has 3 heterocycles. The molecule has 1 aliphatic heterocycles. The van der Waals surface area contributed by atoms with Crippen molar-refractivity contribution in [1.82, 2.24) is 30.2 Å². The fourth-order valence-electron chi connectivity index (χ4n) is 3.66. The highest BCUT2D eigenvalue weighted by Gasteiger charge is 2.31. The normalized spacial score (nSPS) is 14.8. The first-order chi connectivity index (χ1) is 15.2. The Bertz CT molecular complexity index is 1420. The average molecular weight is 433 g/mol. The summed E-state index contributed by atoms with van der Waals surface area (Å²) in [6.07, 6.45) is -1.71. The number of nitrogens with zero attached hydrogens (tertiary/aromatic N) is 5. The maximum Gasteiger partial charge on any atom is 0.412 e. The second kappa shape index (κ2) is 6.95. The first kappa shape index (κ1) is 19.8. The summed E-state index contributed by atoms with van der Waals surface area (Å²) in [6.45, 7) is 5.29. The van der Waals surface area contributed by atoms with E-state index in [1.165, 1.54) is 4.57 Å². The topological polar surface area (TPSA) is 148 Å². The number of aromatic nitrogens is 6. The van der Waals surface area contributed by atoms with E-state index in [9.17, 15) is 14.7 Å². The summed E-state index contributed by atoms with van der Waals surface area (Å²) in [5.74, 6) is 0.592. The number of hydrogen-bond donors (Lipinski definition) is 3. The lowest BCUT2D eigenvalue weighted by molar-refractivity contribution is 0.0636. The molecule has 1 unspecified atom stereocenters. The predicted octanol–water partition coefficient (Wildman–Crippen LogP) is 2.31. The standard InChI is InChI=1S/C21H19N7O4/c1-21(2,3)32-20(31)22-11-5-6-14-12(9-11)19(30)28-15-7-4-10(17-24-26-27-25-17)8-13(15)16(29)18(28)23-14/h4-9,16,29H,1-3H3,(H,22,31)(H,24,25,26,27). The zero-order valence-corrected chi connectivity index (χ0v) is 17.4. The molecule has 0 saturated heterocycles. The van der Waals surface area contributed by atoms with Crippen LogP contribution >= 0.6 is 0 Å². The molecule has 2 aromatic heterocycles. The number of ether oxygens (including phenoxy) is 1. The van der Waals surface area contributed by atoms with Gasteiger partial charge in [-0.05, 0) is 62.4 Å². The van der Waals surface area contributed by atoms with Gasteiger partial charge in [-0.3, -0.25) is 14.7 Å². The van der Waals surface area contributed by atoms with Crippen LogP contribution in [0.5, 0.6) is 0 Å². The van der Waals surface area contributed by atoms with E-state index in [0.717, 1.165) is 0 Å². The molecule has 0 radical (unpaired) electrons. The van der Waals surface area contributed by atoms with Crippen molar-refractivity contribution in [3.05, 3.63) is 58.1 Å². The SMILES string of the molecule is CC(C)(C)OC(=O)Nc1ccc2nc3n(c(=O)c2c1)-c1ccc(-c2nn[nH]n2)cc1C3O. The highest BCUT2D eigenvalue weighted by molar-refractivity contribution is 5.90. The van der Waals surface area contributed by atoms with Crippen molar-refractivity contribution in [2.45, 2.75) is 32.5 Å². The minimum Gasteiger partial charge on any atom is -0.444 e. The summed E-state index contributed by atoms with van der Waals surface area (Å²) in [6, 6.07) is 9.93. The molecule has 162 valence electrons. The molecule has 32 heavy (non-hydrogen) atoms. The third kappa shape index (κ3) is 3.28. The van der Waals surface area contributed by atoms with E-state index in [1.807, 2.05) is 0 Å². The number of fused-ring (bicyclic) bond motifs is 4. The van der Waals surface area contributed by atoms with Crippen molar-refractivity contribution in [3.8, 4) is 17.1 Å². The van der Waals surface area contributed by atoms with Gasteiger partial charge in [-0.25, -0.2) is 9.78 Å². The molecule has 0 aliphatic carbocycles. The Morgan fingerprint density at radius 1 is 1.22 bits per heavy atom. The number of aliphatic hydroxyl groups excluding tert-OH is 1. The quantitative estimate of drug-likeness (QED) is 0.436. The molecule has 1 atom stereocenters. The van der Waals surface area contributed by atoms with Crippen molar-refractivity contribution >= 4 is 22.7 Å². The molecule has 0 spiro atoms. The lowest BCUT2D eigenvalue weighted by Crippen LogP contribution is -2.27. The molecule has 4 aromatic rings. The first-order valence-corrected chi connectivity index (χ1v) is 9.84. The zero-order valence-electron chi connectivity index (χ0n) is 17.4. The van der Waals surface area contributed by atoms with Crippen LogP contribution in [0.15, 0.2) is 41.2 Å². The lowest BCUT2D eigenvalue weighted by Gasteiger charge is -2.19. The van der Waals surface area contributed by atoms with Gasteiger partial charge in [0.05, 0.1) is 16.6 Å². The molecule has 0 saturated carbocycles. The highest BCUT2D eigenvalue weighted by atomic mass is 16.6. The van der Waals surface area contributed by atoms with E-state index >= 15 is 0 Å². The molecular weight excluding hydrogens is 414 g/mol. The number of rotatable bonds is 2. The van der Waals surface area contributed by atoms with Crippen LogP contribution in [0.2, 0.25) is 0 Å². The average Bonchev–Trinajstić information content (AvgIpc) is 3.35. The van der Waals surface area contributed by atoms with Crippen LogP contribution in [-0.4, -0.2) is 47.0 Å². The predicted molar refractivity (Wildman–Crippen MR) is 114 cm³/mol. The van der Waals surface area contributed by atoms with Gasteiger partial charge in [0.15, 0.2) is 5.82 Å². The molecular formula is C21H19N7O4. The number of carbonyl (C=O) groups is 1. The molecule has 5 rings (SSSR count). The van der Waals surface area contributed by atoms with Gasteiger partial charge in [0.25, 0.3) is 5.56 Å². The molecule has 0 fully saturated rings. The first-order valence-electron chi connectivity index (χ1n) is 9.84. The smallest absolute Gasteiger partial charge is 0.412 e. The van der Waals surface area contributed by atoms with E-state index in [-0.39, 0.29) is 11.4 Å². The fraction of sp³-hybridized carbons (Fsp3) is 0.238. The van der Waals surface area contributed by atoms with Gasteiger partial charge >= 0.3 is 6.09 Å². The van der Waals surface area contributed by atoms with E-state index in [0.29, 0.717) is 39.2 Å². The Labute approximate surface area is 181 Å². The van der Waals surface area contributed by atoms with Gasteiger partial charge in [0.2, 0.25) is 5.82 Å². The highest BCUT2D eigenvalue weighted by Crippen LogP contribution is 2.36. The van der Waals surface area contributed by atoms with Crippen LogP contribution < -0.4 is 10.9 Å². The number of benzene rings is 2. The zero-order chi connectivity index (χ0) is 22.6. The minimum atomic E-state index is -1.09. The van der Waals surface area contributed by atoms with Crippen molar-refractivity contribution in [2.75, 3.05) is 5.32 Å². The summed E-state index contributed by atoms with van der Waals surface area (Å²) in [5.41, 5.74) is 1.47. The number of hydrogen-bond acceptors (Lipinski definition) is 8. The van der Waals surface area contributed by atoms with Crippen LogP contribution in [0.25, 0.3) is 28.0 Å². The molecule has 11 heteroatoms. The second-order valence-electron chi connectivity index (χ2n) is 8.38. The van der Waals surface area contributed by atoms with Crippen LogP contribution in [0, 0.1) is 0 Å². The summed E-state index contributed by atoms with van der Waals surface area (Å²) in [7, 11) is 0. The minimum absolute atomic E-state index is 0.218. The summed E-state index contributed by atoms with van der Waals surface area (Å²) in [5, 5.41) is 27.6. The molecule has 1 amide bonds. The van der Waals surface area contributed by atoms with Crippen molar-refractivity contribution < 1.29 is 14.6 Å². The maximum absolute atomic E-state index is 13.3. The van der Waals surface area contributed by atoms with E-state index in [2.05, 4.69) is 30.9 Å². The molecule has 3 N–H and O–H groups in total. The number of amides is 1. The summed E-state index contributed by atoms with van der Waals surface area (Å²) in [4.78, 5) is 29.9. The Hall–Kier alpha value is -4.12. The number of anilines is 1. The third-order valence-electron chi connectivity index (χ3n) is 4.95. The van der Waals surface area contributed by atoms with Crippen LogP contribution in [0.1, 0.15) is 38.3 Å². The van der Waals surface area contributed by atoms with Gasteiger partial charge in [-0.1, -0.05) is 0 Å². The van der Waals surface area contributed by atoms with Gasteiger partial charge in [0.1, 0.15) is 11.7 Å². The Balaban J connectivity index is 1.57. The third-order valence-corrected chi connectivity index (χ3v) is 4.95. The number of tetrazole rings is 1. The largest absolute Gasteiger partial charge is 0.444 e. The van der Waals surface area contributed by atoms with E-state index in [4.69, 9.17) is 4.74 Å². The number of nitrogens with one attached hydrogen (secondary N) is 2. The van der Waals surface area contributed by atoms with Gasteiger partial charge in [-0.2, -0.15) is 5.21 Å². The Kier molecular flexibility index (Phi) is 4.31. The molecule has 0 bridgehead atoms. The van der Waals surface area contributed by atoms with Gasteiger partial charge in [-0.15, -0.1) is 10.2 Å². The van der Waals surface area contributed by atoms with Crippen molar-refractivity contribution in [3.63, 3.8) is 0 Å². The summed E-state index contributed by atoms with van der Waals surface area (Å²) >= 11 is 0. The van der Waals surface area contributed by atoms with Gasteiger partial charge in [0, 0.05) is 16.8 Å². The number of aliphatic hydroxyl groups is 1. The molecule has 11 nitrogen and oxygen atoms in total. The van der Waals surface area contributed by atoms with Crippen LogP contribution in [0.4, 0.5) is 10.5 Å². The molecule has 1 aliphatic rings. The van der Waals surface area contributed by atoms with Crippen molar-refractivity contribution in [2.24, 2.45) is 0 Å². The Morgan fingerprint density at radius 2 is 2.03 bits per heavy atom. The van der Waals surface area contributed by atoms with Crippen LogP contribution in [0.3, 0.4) is 0 Å². The van der Waals surface area contributed by atoms with E-state index < -0.39 is 17.8 Å². The van der Waals surface area contributed by atoms with Crippen LogP contribution in [-0.2, 0) is 4.74 Å². The summed E-state index contributed by atoms with van der Waals surface area (Å²) < 4.78 is 6.64. The fourth-order valence-corrected chi connectivity index (χ4v) is 3.66. The number of H-pyrrole nitrogens is 1. The number of carbonyl (C=O) groups excluding carboxylic acids is 1. The second-order valence-corrected chi connectivity index (χ2v) is 8.38. The van der Waals surface area contributed by atoms with E-state index in [1.54, 1.807) is 57.2 Å². The van der Waals surface area contributed by atoms with Gasteiger partial charge < -0.3 is 9.84 Å². The molecule has 2 aromatic carbocycles. The maximum atomic E-state index is 13.3. The Morgan fingerprint density at radius 3 is 2.75 bits per heavy atom.